The molecule has 0 atom stereocenters. The number of rotatable bonds is 12. The summed E-state index contributed by atoms with van der Waals surface area (Å²) < 4.78 is 4.87. The third-order valence-corrected chi connectivity index (χ3v) is 2.97. The molecule has 0 aromatic rings. The summed E-state index contributed by atoms with van der Waals surface area (Å²) in [7, 11) is 0. The number of ether oxygens (including phenoxy) is 1. The first-order chi connectivity index (χ1) is 8.81. The summed E-state index contributed by atoms with van der Waals surface area (Å²) in [6, 6.07) is 2.17. The van der Waals surface area contributed by atoms with Crippen molar-refractivity contribution in [2.24, 2.45) is 0 Å². The van der Waals surface area contributed by atoms with Gasteiger partial charge < -0.3 is 4.74 Å². The van der Waals surface area contributed by atoms with Gasteiger partial charge in [0.15, 0.2) is 0 Å². The van der Waals surface area contributed by atoms with E-state index >= 15 is 0 Å². The highest BCUT2D eigenvalue weighted by atomic mass is 16.5. The maximum Gasteiger partial charge on any atom is 0.305 e. The van der Waals surface area contributed by atoms with Crippen molar-refractivity contribution in [2.45, 2.75) is 77.6 Å². The van der Waals surface area contributed by atoms with Gasteiger partial charge >= 0.3 is 5.97 Å². The molecule has 0 saturated heterocycles. The Morgan fingerprint density at radius 3 is 1.94 bits per heavy atom. The highest BCUT2D eigenvalue weighted by molar-refractivity contribution is 5.69. The number of hydrogen-bond donors (Lipinski definition) is 0. The zero-order valence-corrected chi connectivity index (χ0v) is 11.7. The molecular weight excluding hydrogens is 226 g/mol. The molecule has 0 aromatic heterocycles. The van der Waals surface area contributed by atoms with Crippen LogP contribution in [-0.4, -0.2) is 12.6 Å². The minimum atomic E-state index is -0.0602. The van der Waals surface area contributed by atoms with Crippen LogP contribution >= 0.6 is 0 Å². The van der Waals surface area contributed by atoms with Crippen LogP contribution < -0.4 is 0 Å². The van der Waals surface area contributed by atoms with Crippen molar-refractivity contribution < 1.29 is 9.53 Å². The van der Waals surface area contributed by atoms with E-state index in [2.05, 4.69) is 6.07 Å². The van der Waals surface area contributed by atoms with Crippen molar-refractivity contribution in [1.29, 1.82) is 5.26 Å². The molecule has 0 aliphatic carbocycles. The Bertz CT molecular complexity index is 233. The van der Waals surface area contributed by atoms with Gasteiger partial charge in [0.2, 0.25) is 0 Å². The Hall–Kier alpha value is -1.04. The van der Waals surface area contributed by atoms with Crippen molar-refractivity contribution in [2.75, 3.05) is 6.61 Å². The predicted molar refractivity (Wildman–Crippen MR) is 73.0 cm³/mol. The topological polar surface area (TPSA) is 50.1 Å². The van der Waals surface area contributed by atoms with Crippen molar-refractivity contribution >= 4 is 5.97 Å². The summed E-state index contributed by atoms with van der Waals surface area (Å²) in [5, 5.41) is 8.38. The molecule has 0 amide bonds. The second-order valence-corrected chi connectivity index (χ2v) is 4.65. The lowest BCUT2D eigenvalue weighted by atomic mass is 10.1. The molecule has 0 bridgehead atoms. The largest absolute Gasteiger partial charge is 0.466 e. The molecule has 0 heterocycles. The van der Waals surface area contributed by atoms with Gasteiger partial charge in [-0.2, -0.15) is 5.26 Å². The molecule has 0 spiro atoms. The van der Waals surface area contributed by atoms with E-state index in [4.69, 9.17) is 10.00 Å². The maximum absolute atomic E-state index is 11.1. The first-order valence-corrected chi connectivity index (χ1v) is 7.33. The van der Waals surface area contributed by atoms with Gasteiger partial charge in [-0.3, -0.25) is 4.79 Å². The van der Waals surface area contributed by atoms with Gasteiger partial charge in [0.1, 0.15) is 0 Å². The monoisotopic (exact) mass is 253 g/mol. The number of unbranched alkanes of at least 4 members (excludes halogenated alkanes) is 9. The molecule has 0 N–H and O–H groups in total. The SMILES string of the molecule is CCOC(=O)CCCCCCCCCCCC#N. The van der Waals surface area contributed by atoms with E-state index in [9.17, 15) is 4.79 Å². The summed E-state index contributed by atoms with van der Waals surface area (Å²) in [4.78, 5) is 11.1. The Morgan fingerprint density at radius 2 is 1.44 bits per heavy atom. The zero-order chi connectivity index (χ0) is 13.5. The Kier molecular flexibility index (Phi) is 13.2. The molecule has 0 aliphatic rings. The van der Waals surface area contributed by atoms with E-state index in [-0.39, 0.29) is 5.97 Å². The zero-order valence-electron chi connectivity index (χ0n) is 11.7. The highest BCUT2D eigenvalue weighted by Gasteiger charge is 2.00. The minimum Gasteiger partial charge on any atom is -0.466 e. The van der Waals surface area contributed by atoms with Gasteiger partial charge in [-0.25, -0.2) is 0 Å². The first kappa shape index (κ1) is 17.0. The standard InChI is InChI=1S/C15H27NO2/c1-2-18-15(17)13-11-9-7-5-3-4-6-8-10-12-14-16/h2-13H2,1H3. The van der Waals surface area contributed by atoms with Crippen LogP contribution in [0.1, 0.15) is 77.6 Å². The molecule has 0 unspecified atom stereocenters. The van der Waals surface area contributed by atoms with Gasteiger partial charge in [0, 0.05) is 12.8 Å². The molecule has 3 heteroatoms. The van der Waals surface area contributed by atoms with Crippen LogP contribution in [0.4, 0.5) is 0 Å². The predicted octanol–water partition coefficient (Wildman–Crippen LogP) is 4.36. The van der Waals surface area contributed by atoms with E-state index in [1.807, 2.05) is 6.92 Å². The lowest BCUT2D eigenvalue weighted by Gasteiger charge is -2.02. The normalized spacial score (nSPS) is 10.0. The molecule has 104 valence electrons. The number of hydrogen-bond acceptors (Lipinski definition) is 3. The van der Waals surface area contributed by atoms with E-state index in [1.54, 1.807) is 0 Å². The van der Waals surface area contributed by atoms with Crippen molar-refractivity contribution in [3.05, 3.63) is 0 Å². The minimum absolute atomic E-state index is 0.0602. The third-order valence-electron chi connectivity index (χ3n) is 2.97. The molecule has 18 heavy (non-hydrogen) atoms. The number of esters is 1. The van der Waals surface area contributed by atoms with Crippen LogP contribution in [0, 0.1) is 11.3 Å². The molecule has 0 aromatic carbocycles. The van der Waals surface area contributed by atoms with Crippen LogP contribution in [0.3, 0.4) is 0 Å². The summed E-state index contributed by atoms with van der Waals surface area (Å²) >= 11 is 0. The highest BCUT2D eigenvalue weighted by Crippen LogP contribution is 2.11. The maximum atomic E-state index is 11.1. The van der Waals surface area contributed by atoms with Crippen LogP contribution in [0.5, 0.6) is 0 Å². The average Bonchev–Trinajstić information content (AvgIpc) is 2.36. The third kappa shape index (κ3) is 13.0. The molecule has 0 rings (SSSR count). The summed E-state index contributed by atoms with van der Waals surface area (Å²) in [5.41, 5.74) is 0. The van der Waals surface area contributed by atoms with Gasteiger partial charge in [-0.05, 0) is 19.8 Å². The van der Waals surface area contributed by atoms with Crippen molar-refractivity contribution in [1.82, 2.24) is 0 Å². The van der Waals surface area contributed by atoms with Crippen LogP contribution in [0.15, 0.2) is 0 Å². The van der Waals surface area contributed by atoms with Crippen LogP contribution in [0.25, 0.3) is 0 Å². The fourth-order valence-electron chi connectivity index (χ4n) is 1.94. The molecule has 0 saturated carbocycles. The Balaban J connectivity index is 3.03. The van der Waals surface area contributed by atoms with Gasteiger partial charge in [0.25, 0.3) is 0 Å². The molecule has 0 aliphatic heterocycles. The molecular formula is C15H27NO2. The lowest BCUT2D eigenvalue weighted by molar-refractivity contribution is -0.143. The van der Waals surface area contributed by atoms with E-state index in [1.165, 1.54) is 38.5 Å². The summed E-state index contributed by atoms with van der Waals surface area (Å²) in [6.45, 7) is 2.33. The number of nitrogens with zero attached hydrogens (tertiary/aromatic N) is 1. The van der Waals surface area contributed by atoms with Crippen molar-refractivity contribution in [3.63, 3.8) is 0 Å². The molecule has 0 radical (unpaired) electrons. The van der Waals surface area contributed by atoms with E-state index < -0.39 is 0 Å². The van der Waals surface area contributed by atoms with Crippen LogP contribution in [0.2, 0.25) is 0 Å². The smallest absolute Gasteiger partial charge is 0.305 e. The number of nitriles is 1. The van der Waals surface area contributed by atoms with E-state index in [0.29, 0.717) is 19.4 Å². The lowest BCUT2D eigenvalue weighted by Crippen LogP contribution is -2.03. The van der Waals surface area contributed by atoms with Gasteiger partial charge in [-0.1, -0.05) is 44.9 Å². The second-order valence-electron chi connectivity index (χ2n) is 4.65. The summed E-state index contributed by atoms with van der Waals surface area (Å²) in [6.07, 6.45) is 11.9. The fourth-order valence-corrected chi connectivity index (χ4v) is 1.94. The fraction of sp³-hybridized carbons (Fsp3) is 0.867. The average molecular weight is 253 g/mol. The summed E-state index contributed by atoms with van der Waals surface area (Å²) in [5.74, 6) is -0.0602. The first-order valence-electron chi connectivity index (χ1n) is 7.33. The Morgan fingerprint density at radius 1 is 0.944 bits per heavy atom. The molecule has 3 nitrogen and oxygen atoms in total. The van der Waals surface area contributed by atoms with Gasteiger partial charge in [-0.15, -0.1) is 0 Å². The number of carbonyl (C=O) groups excluding carboxylic acids is 1. The van der Waals surface area contributed by atoms with Crippen LogP contribution in [-0.2, 0) is 9.53 Å². The number of carbonyl (C=O) groups is 1. The van der Waals surface area contributed by atoms with Gasteiger partial charge in [0.05, 0.1) is 12.7 Å². The van der Waals surface area contributed by atoms with E-state index in [0.717, 1.165) is 19.3 Å². The Labute approximate surface area is 112 Å². The second kappa shape index (κ2) is 14.0. The van der Waals surface area contributed by atoms with Crippen molar-refractivity contribution in [3.8, 4) is 6.07 Å². The quantitative estimate of drug-likeness (QED) is 0.383. The molecule has 0 fully saturated rings.